The van der Waals surface area contributed by atoms with Gasteiger partial charge < -0.3 is 13.9 Å². The van der Waals surface area contributed by atoms with Gasteiger partial charge in [0.2, 0.25) is 11.7 Å². The van der Waals surface area contributed by atoms with Crippen molar-refractivity contribution < 1.29 is 18.7 Å². The van der Waals surface area contributed by atoms with Crippen molar-refractivity contribution in [3.05, 3.63) is 126 Å². The fourth-order valence-electron chi connectivity index (χ4n) is 3.79. The molecule has 5 aromatic rings. The number of hydrogen-bond donors (Lipinski definition) is 0. The Balaban J connectivity index is 1.54. The van der Waals surface area contributed by atoms with Gasteiger partial charge in [0.25, 0.3) is 0 Å². The van der Waals surface area contributed by atoms with Gasteiger partial charge in [-0.05, 0) is 53.6 Å². The van der Waals surface area contributed by atoms with Gasteiger partial charge in [-0.15, -0.1) is 0 Å². The Morgan fingerprint density at radius 2 is 1.66 bits per heavy atom. The molecule has 0 unspecified atom stereocenters. The van der Waals surface area contributed by atoms with Crippen molar-refractivity contribution in [3.63, 3.8) is 0 Å². The third kappa shape index (κ3) is 4.99. The maximum atomic E-state index is 13.7. The summed E-state index contributed by atoms with van der Waals surface area (Å²) in [5.74, 6) is 1.19. The van der Waals surface area contributed by atoms with Crippen LogP contribution in [0.25, 0.3) is 22.7 Å². The number of carbonyl (C=O) groups is 1. The third-order valence-electron chi connectivity index (χ3n) is 5.54. The maximum absolute atomic E-state index is 13.7. The summed E-state index contributed by atoms with van der Waals surface area (Å²) in [5.41, 5.74) is 3.91. The minimum atomic E-state index is -0.246. The third-order valence-corrected chi connectivity index (χ3v) is 5.54. The lowest BCUT2D eigenvalue weighted by atomic mass is 10.00. The summed E-state index contributed by atoms with van der Waals surface area (Å²) in [5, 5.41) is 0. The molecule has 0 spiro atoms. The van der Waals surface area contributed by atoms with Crippen LogP contribution in [-0.2, 0) is 6.61 Å². The van der Waals surface area contributed by atoms with Crippen LogP contribution in [0.3, 0.4) is 0 Å². The van der Waals surface area contributed by atoms with E-state index in [2.05, 4.69) is 4.98 Å². The molecule has 35 heavy (non-hydrogen) atoms. The van der Waals surface area contributed by atoms with E-state index in [1.165, 1.54) is 0 Å². The van der Waals surface area contributed by atoms with Crippen LogP contribution in [0.4, 0.5) is 0 Å². The molecule has 0 aliphatic carbocycles. The summed E-state index contributed by atoms with van der Waals surface area (Å²) < 4.78 is 17.4. The second kappa shape index (κ2) is 10.1. The summed E-state index contributed by atoms with van der Waals surface area (Å²) in [6.07, 6.45) is 1.77. The fourth-order valence-corrected chi connectivity index (χ4v) is 3.79. The van der Waals surface area contributed by atoms with Crippen molar-refractivity contribution in [1.29, 1.82) is 0 Å². The van der Waals surface area contributed by atoms with Gasteiger partial charge in [-0.2, -0.15) is 0 Å². The molecule has 0 atom stereocenters. The lowest BCUT2D eigenvalue weighted by molar-refractivity contribution is 0.105. The van der Waals surface area contributed by atoms with Crippen molar-refractivity contribution in [3.8, 4) is 11.5 Å². The molecule has 0 bridgehead atoms. The van der Waals surface area contributed by atoms with E-state index in [4.69, 9.17) is 13.9 Å². The van der Waals surface area contributed by atoms with Crippen molar-refractivity contribution in [2.45, 2.75) is 6.61 Å². The van der Waals surface area contributed by atoms with Crippen LogP contribution in [0.5, 0.6) is 11.5 Å². The number of para-hydroxylation sites is 3. The number of rotatable bonds is 8. The SMILES string of the molecule is COc1ccccc1C(=O)/C(=C/c1cccc(OCc2ccccc2)c1)c1nc2ccccc2o1. The first-order valence-corrected chi connectivity index (χ1v) is 11.2. The van der Waals surface area contributed by atoms with Crippen LogP contribution in [0.15, 0.2) is 108 Å². The molecule has 0 amide bonds. The zero-order valence-electron chi connectivity index (χ0n) is 19.2. The molecule has 172 valence electrons. The van der Waals surface area contributed by atoms with Crippen molar-refractivity contribution in [1.82, 2.24) is 4.98 Å². The quantitative estimate of drug-likeness (QED) is 0.187. The monoisotopic (exact) mass is 461 g/mol. The van der Waals surface area contributed by atoms with Gasteiger partial charge in [-0.3, -0.25) is 4.79 Å². The highest BCUT2D eigenvalue weighted by molar-refractivity contribution is 6.32. The van der Waals surface area contributed by atoms with Crippen LogP contribution in [-0.4, -0.2) is 17.9 Å². The summed E-state index contributed by atoms with van der Waals surface area (Å²) in [7, 11) is 1.54. The number of ether oxygens (including phenoxy) is 2. The van der Waals surface area contributed by atoms with E-state index in [0.29, 0.717) is 40.3 Å². The highest BCUT2D eigenvalue weighted by atomic mass is 16.5. The van der Waals surface area contributed by atoms with Gasteiger partial charge in [0.15, 0.2) is 5.58 Å². The Bertz CT molecular complexity index is 1470. The first-order valence-electron chi connectivity index (χ1n) is 11.2. The molecule has 0 saturated carbocycles. The van der Waals surface area contributed by atoms with Gasteiger partial charge >= 0.3 is 0 Å². The largest absolute Gasteiger partial charge is 0.496 e. The number of methoxy groups -OCH3 is 1. The molecular formula is C30H23NO4. The van der Waals surface area contributed by atoms with Crippen LogP contribution in [0.2, 0.25) is 0 Å². The van der Waals surface area contributed by atoms with E-state index in [1.54, 1.807) is 31.4 Å². The van der Waals surface area contributed by atoms with Gasteiger partial charge in [0.1, 0.15) is 23.6 Å². The van der Waals surface area contributed by atoms with E-state index in [-0.39, 0.29) is 11.7 Å². The normalized spacial score (nSPS) is 11.4. The molecule has 5 rings (SSSR count). The number of fused-ring (bicyclic) bond motifs is 1. The highest BCUT2D eigenvalue weighted by Gasteiger charge is 2.23. The molecule has 0 radical (unpaired) electrons. The molecule has 1 heterocycles. The van der Waals surface area contributed by atoms with Crippen molar-refractivity contribution in [2.75, 3.05) is 7.11 Å². The molecule has 0 saturated heterocycles. The van der Waals surface area contributed by atoms with Gasteiger partial charge in [-0.25, -0.2) is 4.98 Å². The topological polar surface area (TPSA) is 61.6 Å². The minimum Gasteiger partial charge on any atom is -0.496 e. The number of ketones is 1. The van der Waals surface area contributed by atoms with Crippen LogP contribution in [0, 0.1) is 0 Å². The van der Waals surface area contributed by atoms with Crippen molar-refractivity contribution in [2.24, 2.45) is 0 Å². The predicted molar refractivity (Wildman–Crippen MR) is 136 cm³/mol. The van der Waals surface area contributed by atoms with Crippen LogP contribution in [0.1, 0.15) is 27.4 Å². The van der Waals surface area contributed by atoms with E-state index in [1.807, 2.05) is 84.9 Å². The van der Waals surface area contributed by atoms with E-state index in [9.17, 15) is 4.79 Å². The average Bonchev–Trinajstić information content (AvgIpc) is 3.35. The number of carbonyl (C=O) groups excluding carboxylic acids is 1. The van der Waals surface area contributed by atoms with Crippen LogP contribution >= 0.6 is 0 Å². The second-order valence-electron chi connectivity index (χ2n) is 7.92. The first kappa shape index (κ1) is 22.2. The lowest BCUT2D eigenvalue weighted by Crippen LogP contribution is -2.05. The molecule has 0 aliphatic rings. The molecule has 0 N–H and O–H groups in total. The van der Waals surface area contributed by atoms with Gasteiger partial charge in [0.05, 0.1) is 18.2 Å². The maximum Gasteiger partial charge on any atom is 0.231 e. The van der Waals surface area contributed by atoms with Gasteiger partial charge in [-0.1, -0.05) is 66.7 Å². The number of allylic oxidation sites excluding steroid dienone is 1. The standard InChI is InChI=1S/C30H23NO4/c1-33-27-16-7-5-14-24(27)29(32)25(30-31-26-15-6-8-17-28(26)35-30)19-22-12-9-13-23(18-22)34-20-21-10-3-2-4-11-21/h2-19H,20H2,1H3/b25-19-. The minimum absolute atomic E-state index is 0.246. The highest BCUT2D eigenvalue weighted by Crippen LogP contribution is 2.30. The number of hydrogen-bond acceptors (Lipinski definition) is 5. The molecule has 0 aliphatic heterocycles. The smallest absolute Gasteiger partial charge is 0.231 e. The fraction of sp³-hybridized carbons (Fsp3) is 0.0667. The number of benzene rings is 4. The summed E-state index contributed by atoms with van der Waals surface area (Å²) in [6.45, 7) is 0.451. The summed E-state index contributed by atoms with van der Waals surface area (Å²) in [4.78, 5) is 18.3. The van der Waals surface area contributed by atoms with Crippen LogP contribution < -0.4 is 9.47 Å². The van der Waals surface area contributed by atoms with E-state index in [0.717, 1.165) is 11.1 Å². The van der Waals surface area contributed by atoms with E-state index >= 15 is 0 Å². The number of Topliss-reactive ketones (excluding diaryl/α,β-unsaturated/α-hetero) is 1. The Labute approximate surface area is 203 Å². The molecular weight excluding hydrogens is 438 g/mol. The first-order chi connectivity index (χ1) is 17.2. The molecule has 0 fully saturated rings. The van der Waals surface area contributed by atoms with Gasteiger partial charge in [0, 0.05) is 0 Å². The Kier molecular flexibility index (Phi) is 6.39. The Hall–Kier alpha value is -4.64. The number of oxazole rings is 1. The van der Waals surface area contributed by atoms with Crippen molar-refractivity contribution >= 4 is 28.5 Å². The average molecular weight is 462 g/mol. The molecule has 5 nitrogen and oxygen atoms in total. The second-order valence-corrected chi connectivity index (χ2v) is 7.92. The zero-order chi connectivity index (χ0) is 24.0. The molecule has 4 aromatic carbocycles. The lowest BCUT2D eigenvalue weighted by Gasteiger charge is -2.10. The predicted octanol–water partition coefficient (Wildman–Crippen LogP) is 6.84. The molecule has 5 heteroatoms. The van der Waals surface area contributed by atoms with E-state index < -0.39 is 0 Å². The Morgan fingerprint density at radius 3 is 2.49 bits per heavy atom. The number of nitrogens with zero attached hydrogens (tertiary/aromatic N) is 1. The Morgan fingerprint density at radius 1 is 0.886 bits per heavy atom. The zero-order valence-corrected chi connectivity index (χ0v) is 19.2. The summed E-state index contributed by atoms with van der Waals surface area (Å²) >= 11 is 0. The number of aromatic nitrogens is 1. The summed E-state index contributed by atoms with van der Waals surface area (Å²) in [6, 6.07) is 32.1. The molecule has 1 aromatic heterocycles.